The molecule has 36 heavy (non-hydrogen) atoms. The molecule has 0 aliphatic rings. The van der Waals surface area contributed by atoms with Crippen LogP contribution in [-0.4, -0.2) is 27.7 Å². The quantitative estimate of drug-likeness (QED) is 0.298. The molecule has 0 fully saturated rings. The van der Waals surface area contributed by atoms with E-state index in [1.54, 1.807) is 30.3 Å². The van der Waals surface area contributed by atoms with Gasteiger partial charge in [0.15, 0.2) is 0 Å². The van der Waals surface area contributed by atoms with Crippen LogP contribution in [0.25, 0.3) is 0 Å². The largest absolute Gasteiger partial charge is 0.322 e. The van der Waals surface area contributed by atoms with Gasteiger partial charge in [0.2, 0.25) is 0 Å². The number of amides is 1. The first-order valence-electron chi connectivity index (χ1n) is 10.4. The first kappa shape index (κ1) is 25.2. The zero-order chi connectivity index (χ0) is 25.8. The van der Waals surface area contributed by atoms with E-state index in [9.17, 15) is 21.6 Å². The van der Waals surface area contributed by atoms with E-state index in [1.165, 1.54) is 66.9 Å². The van der Waals surface area contributed by atoms with Crippen LogP contribution in [0, 0.1) is 0 Å². The van der Waals surface area contributed by atoms with Gasteiger partial charge in [-0.1, -0.05) is 35.9 Å². The molecule has 0 atom stereocenters. The molecular formula is C24H19ClN4O5S2. The van der Waals surface area contributed by atoms with Crippen LogP contribution < -0.4 is 14.8 Å². The second-order valence-electron chi connectivity index (χ2n) is 7.41. The molecule has 3 N–H and O–H groups in total. The summed E-state index contributed by atoms with van der Waals surface area (Å²) in [6.45, 7) is 0. The van der Waals surface area contributed by atoms with Crippen LogP contribution in [0.15, 0.2) is 107 Å². The van der Waals surface area contributed by atoms with Crippen LogP contribution in [0.1, 0.15) is 10.4 Å². The minimum atomic E-state index is -3.86. The molecule has 0 aliphatic heterocycles. The number of halogens is 1. The third kappa shape index (κ3) is 6.00. The van der Waals surface area contributed by atoms with Crippen molar-refractivity contribution in [2.24, 2.45) is 0 Å². The molecule has 4 rings (SSSR count). The Hall–Kier alpha value is -3.93. The number of carbonyl (C=O) groups excluding carboxylic acids is 1. The summed E-state index contributed by atoms with van der Waals surface area (Å²) in [6.07, 6.45) is 1.46. The molecule has 0 saturated heterocycles. The molecule has 0 unspecified atom stereocenters. The molecule has 0 spiro atoms. The molecule has 0 saturated carbocycles. The third-order valence-electron chi connectivity index (χ3n) is 4.85. The molecule has 9 nitrogen and oxygen atoms in total. The first-order chi connectivity index (χ1) is 17.1. The Bertz CT molecular complexity index is 1600. The third-order valence-corrected chi connectivity index (χ3v) is 7.93. The number of hydrogen-bond donors (Lipinski definition) is 3. The average Bonchev–Trinajstić information content (AvgIpc) is 2.85. The molecule has 0 radical (unpaired) electrons. The van der Waals surface area contributed by atoms with E-state index in [0.717, 1.165) is 0 Å². The Morgan fingerprint density at radius 2 is 1.31 bits per heavy atom. The van der Waals surface area contributed by atoms with Gasteiger partial charge in [0.1, 0.15) is 5.82 Å². The average molecular weight is 543 g/mol. The van der Waals surface area contributed by atoms with E-state index in [4.69, 9.17) is 11.6 Å². The number of hydrogen-bond acceptors (Lipinski definition) is 6. The van der Waals surface area contributed by atoms with E-state index in [1.807, 2.05) is 0 Å². The minimum Gasteiger partial charge on any atom is -0.322 e. The second-order valence-corrected chi connectivity index (χ2v) is 11.2. The predicted octanol–water partition coefficient (Wildman–Crippen LogP) is 4.59. The molecule has 4 aromatic rings. The number of aromatic nitrogens is 1. The number of rotatable bonds is 8. The van der Waals surface area contributed by atoms with E-state index >= 15 is 0 Å². The smallest absolute Gasteiger partial charge is 0.263 e. The maximum atomic E-state index is 12.7. The Morgan fingerprint density at radius 3 is 1.94 bits per heavy atom. The van der Waals surface area contributed by atoms with Crippen LogP contribution in [0.3, 0.4) is 0 Å². The Kier molecular flexibility index (Phi) is 7.25. The fourth-order valence-corrected chi connectivity index (χ4v) is 5.46. The molecule has 0 aliphatic carbocycles. The predicted molar refractivity (Wildman–Crippen MR) is 138 cm³/mol. The molecular weight excluding hydrogens is 524 g/mol. The van der Waals surface area contributed by atoms with Crippen molar-refractivity contribution in [1.82, 2.24) is 4.98 Å². The van der Waals surface area contributed by atoms with Gasteiger partial charge in [-0.15, -0.1) is 0 Å². The van der Waals surface area contributed by atoms with Gasteiger partial charge < -0.3 is 5.32 Å². The number of benzene rings is 3. The summed E-state index contributed by atoms with van der Waals surface area (Å²) in [6, 6.07) is 22.3. The van der Waals surface area contributed by atoms with Crippen LogP contribution >= 0.6 is 11.6 Å². The van der Waals surface area contributed by atoms with Crippen molar-refractivity contribution in [3.8, 4) is 0 Å². The first-order valence-corrected chi connectivity index (χ1v) is 13.7. The fourth-order valence-electron chi connectivity index (χ4n) is 3.11. The molecule has 1 heterocycles. The number of nitrogens with zero attached hydrogens (tertiary/aromatic N) is 1. The number of anilines is 3. The maximum absolute atomic E-state index is 12.7. The Labute approximate surface area is 213 Å². The van der Waals surface area contributed by atoms with Crippen molar-refractivity contribution in [2.45, 2.75) is 9.79 Å². The molecule has 3 aromatic carbocycles. The lowest BCUT2D eigenvalue weighted by Crippen LogP contribution is -2.15. The van der Waals surface area contributed by atoms with E-state index in [-0.39, 0.29) is 31.9 Å². The van der Waals surface area contributed by atoms with Crippen molar-refractivity contribution >= 4 is 54.7 Å². The Balaban J connectivity index is 1.44. The lowest BCUT2D eigenvalue weighted by molar-refractivity contribution is 0.102. The van der Waals surface area contributed by atoms with Gasteiger partial charge in [-0.25, -0.2) is 21.8 Å². The SMILES string of the molecule is O=C(Nc1ccc(S(=O)(=O)Nc2ccccn2)cc1)c1ccc(NS(=O)(=O)c2ccccc2)cc1Cl. The summed E-state index contributed by atoms with van der Waals surface area (Å²) < 4.78 is 54.8. The maximum Gasteiger partial charge on any atom is 0.263 e. The van der Waals surface area contributed by atoms with Gasteiger partial charge >= 0.3 is 0 Å². The number of nitrogens with one attached hydrogen (secondary N) is 3. The zero-order valence-electron chi connectivity index (χ0n) is 18.4. The zero-order valence-corrected chi connectivity index (χ0v) is 20.8. The van der Waals surface area contributed by atoms with Crippen molar-refractivity contribution in [3.63, 3.8) is 0 Å². The molecule has 1 amide bonds. The molecule has 184 valence electrons. The summed E-state index contributed by atoms with van der Waals surface area (Å²) in [5, 5.41) is 2.66. The highest BCUT2D eigenvalue weighted by molar-refractivity contribution is 7.93. The monoisotopic (exact) mass is 542 g/mol. The standard InChI is InChI=1S/C24H19ClN4O5S2/c25-22-16-18(28-35(31,32)19-6-2-1-3-7-19)11-14-21(22)24(30)27-17-9-12-20(13-10-17)36(33,34)29-23-8-4-5-15-26-23/h1-16,28H,(H,26,29)(H,27,30). The highest BCUT2D eigenvalue weighted by Gasteiger charge is 2.18. The lowest BCUT2D eigenvalue weighted by atomic mass is 10.2. The summed E-state index contributed by atoms with van der Waals surface area (Å²) in [5.41, 5.74) is 0.630. The molecule has 12 heteroatoms. The van der Waals surface area contributed by atoms with Crippen molar-refractivity contribution in [3.05, 3.63) is 108 Å². The Morgan fingerprint density at radius 1 is 0.694 bits per heavy atom. The highest BCUT2D eigenvalue weighted by Crippen LogP contribution is 2.25. The summed E-state index contributed by atoms with van der Waals surface area (Å²) in [4.78, 5) is 16.7. The topological polar surface area (TPSA) is 134 Å². The van der Waals surface area contributed by atoms with Crippen LogP contribution in [-0.2, 0) is 20.0 Å². The molecule has 0 bridgehead atoms. The van der Waals surface area contributed by atoms with Crippen LogP contribution in [0.4, 0.5) is 17.2 Å². The minimum absolute atomic E-state index is 0.0146. The normalized spacial score (nSPS) is 11.5. The molecule has 1 aromatic heterocycles. The van der Waals surface area contributed by atoms with Crippen LogP contribution in [0.5, 0.6) is 0 Å². The summed E-state index contributed by atoms with van der Waals surface area (Å²) >= 11 is 6.24. The van der Waals surface area contributed by atoms with Crippen LogP contribution in [0.2, 0.25) is 5.02 Å². The van der Waals surface area contributed by atoms with Gasteiger partial charge in [0.05, 0.1) is 26.1 Å². The lowest BCUT2D eigenvalue weighted by Gasteiger charge is -2.11. The van der Waals surface area contributed by atoms with Gasteiger partial charge in [-0.2, -0.15) is 0 Å². The van der Waals surface area contributed by atoms with Gasteiger partial charge in [0, 0.05) is 11.9 Å². The van der Waals surface area contributed by atoms with Crippen molar-refractivity contribution in [2.75, 3.05) is 14.8 Å². The van der Waals surface area contributed by atoms with Gasteiger partial charge in [-0.3, -0.25) is 14.2 Å². The fraction of sp³-hybridized carbons (Fsp3) is 0. The summed E-state index contributed by atoms with van der Waals surface area (Å²) in [7, 11) is -7.68. The van der Waals surface area contributed by atoms with E-state index in [2.05, 4.69) is 19.7 Å². The van der Waals surface area contributed by atoms with E-state index in [0.29, 0.717) is 5.69 Å². The highest BCUT2D eigenvalue weighted by atomic mass is 35.5. The number of pyridine rings is 1. The second kappa shape index (κ2) is 10.4. The van der Waals surface area contributed by atoms with Crippen molar-refractivity contribution in [1.29, 1.82) is 0 Å². The number of carbonyl (C=O) groups is 1. The number of sulfonamides is 2. The van der Waals surface area contributed by atoms with Gasteiger partial charge in [0.25, 0.3) is 26.0 Å². The van der Waals surface area contributed by atoms with Gasteiger partial charge in [-0.05, 0) is 66.7 Å². The van der Waals surface area contributed by atoms with Crippen molar-refractivity contribution < 1.29 is 21.6 Å². The van der Waals surface area contributed by atoms with E-state index < -0.39 is 26.0 Å². The summed E-state index contributed by atoms with van der Waals surface area (Å²) in [5.74, 6) is -0.376.